The molecule has 1 aromatic rings. The second-order valence-electron chi connectivity index (χ2n) is 3.49. The molecule has 15 heavy (non-hydrogen) atoms. The zero-order valence-corrected chi connectivity index (χ0v) is 9.21. The molecule has 3 nitrogen and oxygen atoms in total. The predicted octanol–water partition coefficient (Wildman–Crippen LogP) is 2.04. The van der Waals surface area contributed by atoms with E-state index in [-0.39, 0.29) is 5.92 Å². The lowest BCUT2D eigenvalue weighted by atomic mass is 9.99. The van der Waals surface area contributed by atoms with Crippen molar-refractivity contribution in [3.63, 3.8) is 0 Å². The monoisotopic (exact) mass is 224 g/mol. The molecule has 0 saturated heterocycles. The van der Waals surface area contributed by atoms with Gasteiger partial charge >= 0.3 is 5.97 Å². The normalized spacial score (nSPS) is 19.4. The maximum Gasteiger partial charge on any atom is 0.307 e. The molecule has 4 heteroatoms. The van der Waals surface area contributed by atoms with Gasteiger partial charge in [0.1, 0.15) is 5.75 Å². The summed E-state index contributed by atoms with van der Waals surface area (Å²) in [5.41, 5.74) is 1.03. The van der Waals surface area contributed by atoms with Crippen LogP contribution in [0.3, 0.4) is 0 Å². The topological polar surface area (TPSA) is 46.5 Å². The highest BCUT2D eigenvalue weighted by molar-refractivity contribution is 7.99. The molecule has 0 aliphatic carbocycles. The van der Waals surface area contributed by atoms with E-state index < -0.39 is 5.97 Å². The van der Waals surface area contributed by atoms with Crippen LogP contribution < -0.4 is 4.74 Å². The first kappa shape index (κ1) is 10.4. The summed E-state index contributed by atoms with van der Waals surface area (Å²) >= 11 is 1.59. The SMILES string of the molecule is COc1cccc2c1CC(C(=O)O)CS2. The number of carbonyl (C=O) groups is 1. The van der Waals surface area contributed by atoms with Crippen molar-refractivity contribution in [2.24, 2.45) is 5.92 Å². The van der Waals surface area contributed by atoms with E-state index in [0.717, 1.165) is 16.2 Å². The quantitative estimate of drug-likeness (QED) is 0.835. The number of thioether (sulfide) groups is 1. The van der Waals surface area contributed by atoms with E-state index in [4.69, 9.17) is 9.84 Å². The van der Waals surface area contributed by atoms with Gasteiger partial charge in [-0.25, -0.2) is 0 Å². The van der Waals surface area contributed by atoms with Gasteiger partial charge in [-0.3, -0.25) is 4.79 Å². The van der Waals surface area contributed by atoms with E-state index in [1.165, 1.54) is 0 Å². The largest absolute Gasteiger partial charge is 0.496 e. The average Bonchev–Trinajstić information content (AvgIpc) is 2.27. The van der Waals surface area contributed by atoms with E-state index in [1.54, 1.807) is 18.9 Å². The van der Waals surface area contributed by atoms with Crippen molar-refractivity contribution in [2.45, 2.75) is 11.3 Å². The Morgan fingerprint density at radius 1 is 1.60 bits per heavy atom. The van der Waals surface area contributed by atoms with Crippen molar-refractivity contribution < 1.29 is 14.6 Å². The van der Waals surface area contributed by atoms with Gasteiger partial charge in [-0.1, -0.05) is 6.07 Å². The highest BCUT2D eigenvalue weighted by Gasteiger charge is 2.26. The molecule has 0 amide bonds. The van der Waals surface area contributed by atoms with Gasteiger partial charge in [-0.15, -0.1) is 11.8 Å². The van der Waals surface area contributed by atoms with Gasteiger partial charge in [0, 0.05) is 16.2 Å². The van der Waals surface area contributed by atoms with Crippen LogP contribution in [0.2, 0.25) is 0 Å². The standard InChI is InChI=1S/C11H12O3S/c1-14-9-3-2-4-10-8(9)5-7(6-15-10)11(12)13/h2-4,7H,5-6H2,1H3,(H,12,13). The van der Waals surface area contributed by atoms with E-state index >= 15 is 0 Å². The van der Waals surface area contributed by atoms with Gasteiger partial charge in [0.05, 0.1) is 13.0 Å². The number of methoxy groups -OCH3 is 1. The summed E-state index contributed by atoms with van der Waals surface area (Å²) in [6, 6.07) is 5.83. The predicted molar refractivity (Wildman–Crippen MR) is 58.5 cm³/mol. The molecule has 1 aliphatic rings. The van der Waals surface area contributed by atoms with Crippen molar-refractivity contribution in [1.82, 2.24) is 0 Å². The number of carboxylic acid groups (broad SMARTS) is 1. The van der Waals surface area contributed by atoms with Crippen LogP contribution >= 0.6 is 11.8 Å². The molecular formula is C11H12O3S. The molecule has 1 unspecified atom stereocenters. The Hall–Kier alpha value is -1.16. The average molecular weight is 224 g/mol. The minimum Gasteiger partial charge on any atom is -0.496 e. The second-order valence-corrected chi connectivity index (χ2v) is 4.55. The minimum atomic E-state index is -0.723. The number of ether oxygens (including phenoxy) is 1. The Balaban J connectivity index is 2.34. The Labute approximate surface area is 92.4 Å². The Morgan fingerprint density at radius 3 is 3.07 bits per heavy atom. The van der Waals surface area contributed by atoms with Gasteiger partial charge in [0.2, 0.25) is 0 Å². The lowest BCUT2D eigenvalue weighted by Gasteiger charge is -2.22. The number of hydrogen-bond acceptors (Lipinski definition) is 3. The fraction of sp³-hybridized carbons (Fsp3) is 0.364. The van der Waals surface area contributed by atoms with Crippen molar-refractivity contribution >= 4 is 17.7 Å². The Kier molecular flexibility index (Phi) is 2.86. The van der Waals surface area contributed by atoms with Crippen LogP contribution in [-0.2, 0) is 11.2 Å². The van der Waals surface area contributed by atoms with Crippen LogP contribution in [-0.4, -0.2) is 23.9 Å². The third-order valence-corrected chi connectivity index (χ3v) is 3.81. The molecule has 0 saturated carbocycles. The van der Waals surface area contributed by atoms with Gasteiger partial charge in [-0.05, 0) is 18.6 Å². The molecule has 0 fully saturated rings. The fourth-order valence-electron chi connectivity index (χ4n) is 1.73. The lowest BCUT2D eigenvalue weighted by molar-refractivity contribution is -0.140. The van der Waals surface area contributed by atoms with Gasteiger partial charge < -0.3 is 9.84 Å². The Bertz CT molecular complexity index is 375. The van der Waals surface area contributed by atoms with Gasteiger partial charge in [0.25, 0.3) is 0 Å². The Morgan fingerprint density at radius 2 is 2.40 bits per heavy atom. The summed E-state index contributed by atoms with van der Waals surface area (Å²) in [7, 11) is 1.62. The molecule has 80 valence electrons. The van der Waals surface area contributed by atoms with Crippen molar-refractivity contribution in [2.75, 3.05) is 12.9 Å². The molecule has 0 radical (unpaired) electrons. The highest BCUT2D eigenvalue weighted by Crippen LogP contribution is 2.37. The minimum absolute atomic E-state index is 0.293. The smallest absolute Gasteiger partial charge is 0.307 e. The number of carboxylic acids is 1. The maximum atomic E-state index is 10.9. The van der Waals surface area contributed by atoms with Gasteiger partial charge in [-0.2, -0.15) is 0 Å². The molecule has 0 aromatic heterocycles. The summed E-state index contributed by atoms with van der Waals surface area (Å²) in [6.45, 7) is 0. The van der Waals surface area contributed by atoms with Crippen molar-refractivity contribution in [3.8, 4) is 5.75 Å². The first-order valence-electron chi connectivity index (χ1n) is 4.74. The van der Waals surface area contributed by atoms with Crippen LogP contribution in [0.25, 0.3) is 0 Å². The second kappa shape index (κ2) is 4.14. The summed E-state index contributed by atoms with van der Waals surface area (Å²) in [6.07, 6.45) is 0.571. The van der Waals surface area contributed by atoms with Crippen LogP contribution in [0.15, 0.2) is 23.1 Å². The maximum absolute atomic E-state index is 10.9. The van der Waals surface area contributed by atoms with E-state index in [0.29, 0.717) is 12.2 Å². The zero-order chi connectivity index (χ0) is 10.8. The molecule has 1 heterocycles. The number of rotatable bonds is 2. The number of benzene rings is 1. The van der Waals surface area contributed by atoms with Crippen molar-refractivity contribution in [3.05, 3.63) is 23.8 Å². The summed E-state index contributed by atoms with van der Waals surface area (Å²) < 4.78 is 5.23. The molecule has 1 aromatic carbocycles. The highest BCUT2D eigenvalue weighted by atomic mass is 32.2. The van der Waals surface area contributed by atoms with Gasteiger partial charge in [0.15, 0.2) is 0 Å². The molecule has 1 N–H and O–H groups in total. The van der Waals surface area contributed by atoms with E-state index in [9.17, 15) is 4.79 Å². The van der Waals surface area contributed by atoms with Crippen LogP contribution in [0.5, 0.6) is 5.75 Å². The summed E-state index contributed by atoms with van der Waals surface area (Å²) in [5.74, 6) is 0.430. The molecule has 0 spiro atoms. The molecular weight excluding hydrogens is 212 g/mol. The number of hydrogen-bond donors (Lipinski definition) is 1. The van der Waals surface area contributed by atoms with Crippen LogP contribution in [0, 0.1) is 5.92 Å². The summed E-state index contributed by atoms with van der Waals surface area (Å²) in [4.78, 5) is 12.1. The third kappa shape index (κ3) is 1.95. The lowest BCUT2D eigenvalue weighted by Crippen LogP contribution is -2.22. The van der Waals surface area contributed by atoms with E-state index in [2.05, 4.69) is 0 Å². The van der Waals surface area contributed by atoms with Crippen LogP contribution in [0.4, 0.5) is 0 Å². The molecule has 1 aliphatic heterocycles. The third-order valence-electron chi connectivity index (χ3n) is 2.55. The fourth-order valence-corrected chi connectivity index (χ4v) is 2.90. The van der Waals surface area contributed by atoms with Crippen LogP contribution in [0.1, 0.15) is 5.56 Å². The zero-order valence-electron chi connectivity index (χ0n) is 8.40. The van der Waals surface area contributed by atoms with E-state index in [1.807, 2.05) is 18.2 Å². The number of fused-ring (bicyclic) bond motifs is 1. The first-order valence-corrected chi connectivity index (χ1v) is 5.72. The molecule has 0 bridgehead atoms. The molecule has 2 rings (SSSR count). The first-order chi connectivity index (χ1) is 7.22. The number of aliphatic carboxylic acids is 1. The summed E-state index contributed by atoms with van der Waals surface area (Å²) in [5, 5.41) is 8.97. The molecule has 1 atom stereocenters. The van der Waals surface area contributed by atoms with Crippen molar-refractivity contribution in [1.29, 1.82) is 0 Å².